The fourth-order valence-corrected chi connectivity index (χ4v) is 9.05. The Morgan fingerprint density at radius 3 is 2.53 bits per heavy atom. The van der Waals surface area contributed by atoms with E-state index in [2.05, 4.69) is 32.2 Å². The van der Waals surface area contributed by atoms with Gasteiger partial charge in [0.2, 0.25) is 21.8 Å². The molecule has 17 heteroatoms. The lowest BCUT2D eigenvalue weighted by atomic mass is 9.85. The van der Waals surface area contributed by atoms with Crippen molar-refractivity contribution >= 4 is 56.5 Å². The van der Waals surface area contributed by atoms with Gasteiger partial charge in [-0.15, -0.1) is 0 Å². The number of nitrogens with zero attached hydrogens (tertiary/aromatic N) is 3. The first-order valence-corrected chi connectivity index (χ1v) is 20.9. The summed E-state index contributed by atoms with van der Waals surface area (Å²) >= 11 is 6.53. The van der Waals surface area contributed by atoms with Crippen LogP contribution in [0.2, 0.25) is 5.15 Å². The van der Waals surface area contributed by atoms with Gasteiger partial charge in [-0.05, 0) is 83.3 Å². The highest BCUT2D eigenvalue weighted by molar-refractivity contribution is 7.91. The molecule has 6 rings (SSSR count). The van der Waals surface area contributed by atoms with Crippen LogP contribution in [-0.4, -0.2) is 95.3 Å². The van der Waals surface area contributed by atoms with Crippen LogP contribution in [0.25, 0.3) is 11.0 Å². The number of benzene rings is 1. The Balaban J connectivity index is 1.36. The smallest absolute Gasteiger partial charge is 0.408 e. The SMILES string of the molecule is CC[C@@H]1C[C@H](C)CC/C=C\C2C[C@@]2(C(=O)NS(=O)(=O)C2CC2)NC(=O)[C@@H]2C[C@@H](Oc3nc4cc(OC)ccc4nc3Cl)CN2C(=O)[C@H]1NC(=O)OC(C)(C)C. The van der Waals surface area contributed by atoms with Crippen LogP contribution in [0, 0.1) is 17.8 Å². The van der Waals surface area contributed by atoms with E-state index in [1.807, 2.05) is 19.1 Å². The molecule has 15 nitrogen and oxygen atoms in total. The van der Waals surface area contributed by atoms with E-state index < -0.39 is 74.3 Å². The summed E-state index contributed by atoms with van der Waals surface area (Å²) in [6.45, 7) is 9.11. The van der Waals surface area contributed by atoms with E-state index in [9.17, 15) is 27.6 Å². The molecule has 3 N–H and O–H groups in total. The van der Waals surface area contributed by atoms with E-state index >= 15 is 0 Å². The van der Waals surface area contributed by atoms with Crippen molar-refractivity contribution in [2.75, 3.05) is 13.7 Å². The molecule has 4 amide bonds. The zero-order chi connectivity index (χ0) is 39.9. The molecule has 2 aliphatic heterocycles. The largest absolute Gasteiger partial charge is 0.497 e. The first-order valence-electron chi connectivity index (χ1n) is 19.0. The maximum atomic E-state index is 14.9. The molecule has 3 heterocycles. The Bertz CT molecular complexity index is 1970. The van der Waals surface area contributed by atoms with Gasteiger partial charge in [0.05, 0.1) is 29.9 Å². The topological polar surface area (TPSA) is 195 Å². The molecular weight excluding hydrogens is 752 g/mol. The lowest BCUT2D eigenvalue weighted by Crippen LogP contribution is -2.59. The van der Waals surface area contributed by atoms with Crippen LogP contribution < -0.4 is 24.8 Å². The standard InChI is InChI=1S/C38H51ClN6O9S/c1-7-22-16-21(2)10-8-9-11-23-19-38(23,35(48)44-55(50,51)26-13-14-26)43-32(46)29-18-25(20-45(29)34(47)30(22)42-36(49)54-37(3,4)5)53-33-31(39)40-27-15-12-24(52-6)17-28(27)41-33/h9,11-12,15,17,21-23,25-26,29-30H,7-8,10,13-14,16,18-20H2,1-6H3,(H,42,49)(H,43,46)(H,44,48)/b11-9-/t21-,22-,23?,25-,29+,30+,38-/m1/s1. The minimum Gasteiger partial charge on any atom is -0.497 e. The zero-order valence-electron chi connectivity index (χ0n) is 32.1. The number of amides is 4. The molecule has 1 saturated heterocycles. The Hall–Kier alpha value is -4.18. The number of carbonyl (C=O) groups excluding carboxylic acids is 4. The highest BCUT2D eigenvalue weighted by Gasteiger charge is 2.62. The Labute approximate surface area is 326 Å². The second-order valence-corrected chi connectivity index (χ2v) is 18.6. The maximum absolute atomic E-state index is 14.9. The third kappa shape index (κ3) is 9.28. The summed E-state index contributed by atoms with van der Waals surface area (Å²) in [7, 11) is -2.39. The number of hydrogen-bond acceptors (Lipinski definition) is 11. The third-order valence-electron chi connectivity index (χ3n) is 10.7. The fraction of sp³-hybridized carbons (Fsp3) is 0.632. The number of fused-ring (bicyclic) bond motifs is 3. The second-order valence-electron chi connectivity index (χ2n) is 16.2. The van der Waals surface area contributed by atoms with Crippen LogP contribution in [0.5, 0.6) is 11.6 Å². The van der Waals surface area contributed by atoms with Gasteiger partial charge in [-0.2, -0.15) is 0 Å². The van der Waals surface area contributed by atoms with Gasteiger partial charge < -0.3 is 29.7 Å². The number of methoxy groups -OCH3 is 1. The average Bonchev–Trinajstić information content (AvgIpc) is 4.04. The second kappa shape index (κ2) is 15.8. The predicted octanol–water partition coefficient (Wildman–Crippen LogP) is 4.42. The molecule has 1 aromatic carbocycles. The minimum atomic E-state index is -3.92. The van der Waals surface area contributed by atoms with Gasteiger partial charge in [0.25, 0.3) is 11.8 Å². The van der Waals surface area contributed by atoms with Crippen LogP contribution in [0.3, 0.4) is 0 Å². The minimum absolute atomic E-state index is 0.0137. The monoisotopic (exact) mass is 802 g/mol. The molecule has 0 bridgehead atoms. The van der Waals surface area contributed by atoms with Crippen molar-refractivity contribution in [3.63, 3.8) is 0 Å². The summed E-state index contributed by atoms with van der Waals surface area (Å²) in [6, 6.07) is 2.86. The number of carbonyl (C=O) groups is 4. The van der Waals surface area contributed by atoms with Crippen molar-refractivity contribution in [2.24, 2.45) is 17.8 Å². The number of aromatic nitrogens is 2. The number of halogens is 1. The molecule has 300 valence electrons. The summed E-state index contributed by atoms with van der Waals surface area (Å²) in [5.41, 5.74) is -1.43. The number of allylic oxidation sites excluding steroid dienone is 1. The summed E-state index contributed by atoms with van der Waals surface area (Å²) in [4.78, 5) is 66.7. The predicted molar refractivity (Wildman–Crippen MR) is 204 cm³/mol. The fourth-order valence-electron chi connectivity index (χ4n) is 7.51. The Kier molecular flexibility index (Phi) is 11.6. The van der Waals surface area contributed by atoms with Gasteiger partial charge in [-0.25, -0.2) is 23.2 Å². The normalized spacial score (nSPS) is 29.5. The number of alkyl carbamates (subject to hydrolysis) is 1. The maximum Gasteiger partial charge on any atom is 0.408 e. The van der Waals surface area contributed by atoms with Gasteiger partial charge in [-0.1, -0.05) is 44.0 Å². The van der Waals surface area contributed by atoms with Gasteiger partial charge in [0, 0.05) is 18.4 Å². The van der Waals surface area contributed by atoms with Crippen molar-refractivity contribution in [1.82, 2.24) is 30.2 Å². The van der Waals surface area contributed by atoms with E-state index in [0.29, 0.717) is 48.9 Å². The molecule has 1 aromatic heterocycles. The van der Waals surface area contributed by atoms with E-state index in [4.69, 9.17) is 25.8 Å². The van der Waals surface area contributed by atoms with Crippen LogP contribution in [-0.2, 0) is 29.1 Å². The number of hydrogen-bond donors (Lipinski definition) is 3. The van der Waals surface area contributed by atoms with Crippen LogP contribution in [0.4, 0.5) is 4.79 Å². The molecule has 55 heavy (non-hydrogen) atoms. The molecule has 0 radical (unpaired) electrons. The van der Waals surface area contributed by atoms with Crippen molar-refractivity contribution in [3.8, 4) is 11.6 Å². The highest BCUT2D eigenvalue weighted by Crippen LogP contribution is 2.46. The van der Waals surface area contributed by atoms with Crippen LogP contribution in [0.15, 0.2) is 30.4 Å². The quantitative estimate of drug-likeness (QED) is 0.320. The number of rotatable bonds is 8. The Morgan fingerprint density at radius 2 is 1.85 bits per heavy atom. The van der Waals surface area contributed by atoms with Gasteiger partial charge in [0.15, 0.2) is 5.15 Å². The molecular formula is C38H51ClN6O9S. The van der Waals surface area contributed by atoms with Gasteiger partial charge in [-0.3, -0.25) is 19.1 Å². The summed E-state index contributed by atoms with van der Waals surface area (Å²) in [6.07, 6.45) is 5.87. The lowest BCUT2D eigenvalue weighted by molar-refractivity contribution is -0.142. The molecule has 0 spiro atoms. The zero-order valence-corrected chi connectivity index (χ0v) is 33.7. The van der Waals surface area contributed by atoms with Gasteiger partial charge >= 0.3 is 6.09 Å². The molecule has 2 aromatic rings. The summed E-state index contributed by atoms with van der Waals surface area (Å²) in [5.74, 6) is -2.10. The summed E-state index contributed by atoms with van der Waals surface area (Å²) < 4.78 is 45.2. The van der Waals surface area contributed by atoms with Crippen molar-refractivity contribution in [2.45, 2.75) is 121 Å². The van der Waals surface area contributed by atoms with Crippen molar-refractivity contribution < 1.29 is 41.8 Å². The number of ether oxygens (including phenoxy) is 3. The molecule has 4 aliphatic rings. The summed E-state index contributed by atoms with van der Waals surface area (Å²) in [5, 5.41) is 5.03. The molecule has 3 fully saturated rings. The van der Waals surface area contributed by atoms with E-state index in [0.717, 1.165) is 6.42 Å². The lowest BCUT2D eigenvalue weighted by Gasteiger charge is -2.34. The third-order valence-corrected chi connectivity index (χ3v) is 12.8. The van der Waals surface area contributed by atoms with Crippen molar-refractivity contribution in [1.29, 1.82) is 0 Å². The van der Waals surface area contributed by atoms with Crippen LogP contribution >= 0.6 is 11.6 Å². The first-order chi connectivity index (χ1) is 25.9. The number of sulfonamides is 1. The number of nitrogens with one attached hydrogen (secondary N) is 3. The van der Waals surface area contributed by atoms with E-state index in [1.54, 1.807) is 39.0 Å². The van der Waals surface area contributed by atoms with E-state index in [1.165, 1.54) is 12.0 Å². The molecule has 2 aliphatic carbocycles. The highest BCUT2D eigenvalue weighted by atomic mass is 35.5. The van der Waals surface area contributed by atoms with Crippen molar-refractivity contribution in [3.05, 3.63) is 35.5 Å². The molecule has 1 unspecified atom stereocenters. The molecule has 7 atom stereocenters. The van der Waals surface area contributed by atoms with Crippen LogP contribution in [0.1, 0.15) is 86.0 Å². The molecule has 2 saturated carbocycles. The Morgan fingerprint density at radius 1 is 1.11 bits per heavy atom. The van der Waals surface area contributed by atoms with E-state index in [-0.39, 0.29) is 42.3 Å². The average molecular weight is 803 g/mol. The first kappa shape index (κ1) is 40.5. The van der Waals surface area contributed by atoms with Gasteiger partial charge in [0.1, 0.15) is 35.1 Å².